The molecule has 1 aromatic heterocycles. The molecule has 0 aliphatic rings. The number of hydrogen-bond acceptors (Lipinski definition) is 2. The van der Waals surface area contributed by atoms with Crippen LogP contribution in [0.4, 0.5) is 0 Å². The van der Waals surface area contributed by atoms with Crippen LogP contribution in [0.3, 0.4) is 0 Å². The second-order valence-electron chi connectivity index (χ2n) is 5.89. The van der Waals surface area contributed by atoms with Crippen LogP contribution >= 0.6 is 0 Å². The number of aromatic nitrogens is 1. The lowest BCUT2D eigenvalue weighted by Crippen LogP contribution is -2.11. The van der Waals surface area contributed by atoms with E-state index >= 15 is 0 Å². The Morgan fingerprint density at radius 3 is 2.39 bits per heavy atom. The third-order valence-corrected chi connectivity index (χ3v) is 5.83. The van der Waals surface area contributed by atoms with Gasteiger partial charge in [-0.3, -0.25) is 0 Å². The molecule has 1 heterocycles. The van der Waals surface area contributed by atoms with Gasteiger partial charge < -0.3 is 0 Å². The van der Waals surface area contributed by atoms with E-state index in [1.54, 1.807) is 18.3 Å². The summed E-state index contributed by atoms with van der Waals surface area (Å²) < 4.78 is 27.4. The van der Waals surface area contributed by atoms with Crippen LogP contribution in [0, 0.1) is 6.92 Å². The number of rotatable bonds is 5. The van der Waals surface area contributed by atoms with E-state index in [4.69, 9.17) is 0 Å². The van der Waals surface area contributed by atoms with E-state index in [9.17, 15) is 8.42 Å². The number of unbranched alkanes of at least 4 members (excludes halogenated alkanes) is 1. The van der Waals surface area contributed by atoms with Crippen LogP contribution in [0.1, 0.15) is 30.9 Å². The standard InChI is InChI=1S/C19H21NO2S/c1-3-4-7-16-14-20(19-9-6-5-8-18(16)19)23(21,22)17-12-10-15(2)11-13-17/h5-6,8-14H,3-4,7H2,1-2H3. The zero-order chi connectivity index (χ0) is 16.4. The Labute approximate surface area is 137 Å². The van der Waals surface area contributed by atoms with Crippen molar-refractivity contribution in [2.24, 2.45) is 0 Å². The minimum atomic E-state index is -3.57. The number of benzene rings is 2. The molecule has 0 aliphatic carbocycles. The number of aryl methyl sites for hydroxylation is 2. The Morgan fingerprint density at radius 1 is 1.00 bits per heavy atom. The van der Waals surface area contributed by atoms with Gasteiger partial charge in [0.1, 0.15) is 0 Å². The van der Waals surface area contributed by atoms with Crippen molar-refractivity contribution < 1.29 is 8.42 Å². The van der Waals surface area contributed by atoms with E-state index < -0.39 is 10.0 Å². The maximum atomic E-state index is 13.0. The topological polar surface area (TPSA) is 39.1 Å². The Morgan fingerprint density at radius 2 is 1.70 bits per heavy atom. The first-order valence-electron chi connectivity index (χ1n) is 7.95. The Balaban J connectivity index is 2.17. The quantitative estimate of drug-likeness (QED) is 0.690. The fraction of sp³-hybridized carbons (Fsp3) is 0.263. The molecule has 0 amide bonds. The first-order chi connectivity index (χ1) is 11.0. The van der Waals surface area contributed by atoms with E-state index in [1.165, 1.54) is 3.97 Å². The van der Waals surface area contributed by atoms with Crippen LogP contribution in [-0.4, -0.2) is 12.4 Å². The van der Waals surface area contributed by atoms with Gasteiger partial charge in [-0.05, 0) is 43.5 Å². The summed E-state index contributed by atoms with van der Waals surface area (Å²) in [6.45, 7) is 4.09. The molecule has 0 saturated heterocycles. The highest BCUT2D eigenvalue weighted by molar-refractivity contribution is 7.90. The van der Waals surface area contributed by atoms with Crippen LogP contribution in [0.5, 0.6) is 0 Å². The summed E-state index contributed by atoms with van der Waals surface area (Å²) in [5.41, 5.74) is 2.89. The van der Waals surface area contributed by atoms with Crippen molar-refractivity contribution in [2.45, 2.75) is 38.0 Å². The smallest absolute Gasteiger partial charge is 0.241 e. The van der Waals surface area contributed by atoms with Crippen molar-refractivity contribution in [1.82, 2.24) is 3.97 Å². The monoisotopic (exact) mass is 327 g/mol. The van der Waals surface area contributed by atoms with Crippen LogP contribution < -0.4 is 0 Å². The molecular formula is C19H21NO2S. The van der Waals surface area contributed by atoms with Crippen molar-refractivity contribution in [3.05, 3.63) is 65.9 Å². The number of hydrogen-bond donors (Lipinski definition) is 0. The van der Waals surface area contributed by atoms with Gasteiger partial charge in [0.25, 0.3) is 10.0 Å². The highest BCUT2D eigenvalue weighted by Gasteiger charge is 2.20. The summed E-state index contributed by atoms with van der Waals surface area (Å²) >= 11 is 0. The summed E-state index contributed by atoms with van der Waals surface area (Å²) in [5.74, 6) is 0. The Hall–Kier alpha value is -2.07. The molecular weight excluding hydrogens is 306 g/mol. The van der Waals surface area contributed by atoms with E-state index in [1.807, 2.05) is 43.3 Å². The largest absolute Gasteiger partial charge is 0.268 e. The van der Waals surface area contributed by atoms with Crippen molar-refractivity contribution in [1.29, 1.82) is 0 Å². The maximum Gasteiger partial charge on any atom is 0.268 e. The van der Waals surface area contributed by atoms with Crippen molar-refractivity contribution in [2.75, 3.05) is 0 Å². The fourth-order valence-corrected chi connectivity index (χ4v) is 4.20. The van der Waals surface area contributed by atoms with Crippen molar-refractivity contribution >= 4 is 20.9 Å². The Bertz CT molecular complexity index is 922. The second-order valence-corrected chi connectivity index (χ2v) is 7.70. The van der Waals surface area contributed by atoms with Gasteiger partial charge in [-0.25, -0.2) is 12.4 Å². The minimum Gasteiger partial charge on any atom is -0.241 e. The lowest BCUT2D eigenvalue weighted by molar-refractivity contribution is 0.589. The predicted octanol–water partition coefficient (Wildman–Crippen LogP) is 4.53. The molecule has 3 rings (SSSR count). The van der Waals surface area contributed by atoms with Crippen LogP contribution in [0.2, 0.25) is 0 Å². The normalized spacial score (nSPS) is 11.9. The van der Waals surface area contributed by atoms with Crippen LogP contribution in [-0.2, 0) is 16.4 Å². The maximum absolute atomic E-state index is 13.0. The molecule has 0 unspecified atom stereocenters. The number of nitrogens with zero attached hydrogens (tertiary/aromatic N) is 1. The van der Waals surface area contributed by atoms with Crippen LogP contribution in [0.25, 0.3) is 10.9 Å². The van der Waals surface area contributed by atoms with E-state index in [2.05, 4.69) is 6.92 Å². The van der Waals surface area contributed by atoms with E-state index in [0.29, 0.717) is 4.90 Å². The van der Waals surface area contributed by atoms with Gasteiger partial charge in [0.15, 0.2) is 0 Å². The summed E-state index contributed by atoms with van der Waals surface area (Å²) in [5, 5.41) is 1.02. The molecule has 2 aromatic carbocycles. The molecule has 0 fully saturated rings. The second kappa shape index (κ2) is 6.20. The molecule has 0 atom stereocenters. The average molecular weight is 327 g/mol. The highest BCUT2D eigenvalue weighted by atomic mass is 32.2. The average Bonchev–Trinajstić information content (AvgIpc) is 2.93. The highest BCUT2D eigenvalue weighted by Crippen LogP contribution is 2.27. The van der Waals surface area contributed by atoms with Gasteiger partial charge in [-0.15, -0.1) is 0 Å². The van der Waals surface area contributed by atoms with Gasteiger partial charge >= 0.3 is 0 Å². The van der Waals surface area contributed by atoms with Gasteiger partial charge in [-0.2, -0.15) is 0 Å². The molecule has 0 spiro atoms. The van der Waals surface area contributed by atoms with Crippen molar-refractivity contribution in [3.63, 3.8) is 0 Å². The predicted molar refractivity (Wildman–Crippen MR) is 94.3 cm³/mol. The van der Waals surface area contributed by atoms with Gasteiger partial charge in [-0.1, -0.05) is 49.2 Å². The first-order valence-corrected chi connectivity index (χ1v) is 9.39. The zero-order valence-electron chi connectivity index (χ0n) is 13.5. The minimum absolute atomic E-state index is 0.325. The molecule has 120 valence electrons. The molecule has 3 nitrogen and oxygen atoms in total. The third kappa shape index (κ3) is 2.91. The number of para-hydroxylation sites is 1. The third-order valence-electron chi connectivity index (χ3n) is 4.14. The first kappa shape index (κ1) is 15.8. The molecule has 23 heavy (non-hydrogen) atoms. The summed E-state index contributed by atoms with van der Waals surface area (Å²) in [7, 11) is -3.57. The van der Waals surface area contributed by atoms with Gasteiger partial charge in [0.05, 0.1) is 10.4 Å². The molecule has 0 saturated carbocycles. The van der Waals surface area contributed by atoms with Gasteiger partial charge in [0, 0.05) is 11.6 Å². The molecule has 3 aromatic rings. The van der Waals surface area contributed by atoms with Gasteiger partial charge in [0.2, 0.25) is 0 Å². The molecule has 0 N–H and O–H groups in total. The zero-order valence-corrected chi connectivity index (χ0v) is 14.3. The fourth-order valence-electron chi connectivity index (χ4n) is 2.81. The van der Waals surface area contributed by atoms with Crippen LogP contribution in [0.15, 0.2) is 59.6 Å². The Kier molecular flexibility index (Phi) is 4.26. The van der Waals surface area contributed by atoms with Crippen molar-refractivity contribution in [3.8, 4) is 0 Å². The summed E-state index contributed by atoms with van der Waals surface area (Å²) in [6.07, 6.45) is 4.83. The summed E-state index contributed by atoms with van der Waals surface area (Å²) in [4.78, 5) is 0.325. The van der Waals surface area contributed by atoms with E-state index in [0.717, 1.165) is 41.3 Å². The number of fused-ring (bicyclic) bond motifs is 1. The molecule has 0 aliphatic heterocycles. The molecule has 0 radical (unpaired) electrons. The summed E-state index contributed by atoms with van der Waals surface area (Å²) in [6, 6.07) is 14.7. The molecule has 0 bridgehead atoms. The lowest BCUT2D eigenvalue weighted by atomic mass is 10.1. The SMILES string of the molecule is CCCCc1cn(S(=O)(=O)c2ccc(C)cc2)c2ccccc12. The lowest BCUT2D eigenvalue weighted by Gasteiger charge is -2.07. The van der Waals surface area contributed by atoms with E-state index in [-0.39, 0.29) is 0 Å². The molecule has 4 heteroatoms.